The third-order valence-electron chi connectivity index (χ3n) is 3.39. The molecule has 4 heteroatoms. The summed E-state index contributed by atoms with van der Waals surface area (Å²) in [6, 6.07) is 4.73. The van der Waals surface area contributed by atoms with Crippen molar-refractivity contribution >= 4 is 5.69 Å². The zero-order valence-electron chi connectivity index (χ0n) is 10.8. The van der Waals surface area contributed by atoms with Gasteiger partial charge < -0.3 is 15.5 Å². The van der Waals surface area contributed by atoms with Crippen molar-refractivity contribution < 1.29 is 0 Å². The minimum atomic E-state index is 0.510. The predicted molar refractivity (Wildman–Crippen MR) is 71.1 cm³/mol. The van der Waals surface area contributed by atoms with Crippen molar-refractivity contribution in [2.24, 2.45) is 5.73 Å². The maximum Gasteiger partial charge on any atom is 0.0560 e. The molecular weight excluding hydrogens is 212 g/mol. The zero-order valence-corrected chi connectivity index (χ0v) is 10.8. The van der Waals surface area contributed by atoms with Crippen molar-refractivity contribution in [3.63, 3.8) is 0 Å². The van der Waals surface area contributed by atoms with Crippen LogP contribution in [0, 0.1) is 0 Å². The molecule has 1 aromatic heterocycles. The van der Waals surface area contributed by atoms with E-state index in [9.17, 15) is 0 Å². The van der Waals surface area contributed by atoms with E-state index in [1.807, 2.05) is 6.20 Å². The average molecular weight is 234 g/mol. The van der Waals surface area contributed by atoms with E-state index in [0.717, 1.165) is 18.8 Å². The fourth-order valence-corrected chi connectivity index (χ4v) is 2.51. The van der Waals surface area contributed by atoms with Crippen LogP contribution in [0.4, 0.5) is 5.69 Å². The van der Waals surface area contributed by atoms with E-state index in [0.29, 0.717) is 12.6 Å². The predicted octanol–water partition coefficient (Wildman–Crippen LogP) is 1.07. The highest BCUT2D eigenvalue weighted by molar-refractivity contribution is 5.47. The molecule has 94 valence electrons. The van der Waals surface area contributed by atoms with E-state index < -0.39 is 0 Å². The van der Waals surface area contributed by atoms with Crippen LogP contribution in [0.5, 0.6) is 0 Å². The number of hydrogen-bond acceptors (Lipinski definition) is 4. The molecule has 2 heterocycles. The number of rotatable bonds is 2. The van der Waals surface area contributed by atoms with E-state index in [1.165, 1.54) is 18.7 Å². The van der Waals surface area contributed by atoms with Crippen molar-refractivity contribution in [1.82, 2.24) is 9.88 Å². The number of nitrogens with two attached hydrogens (primary N) is 1. The molecule has 0 aromatic carbocycles. The number of aromatic nitrogens is 1. The second kappa shape index (κ2) is 5.47. The number of likely N-dealkylation sites (N-methyl/N-ethyl adjacent to an activating group) is 1. The van der Waals surface area contributed by atoms with E-state index >= 15 is 0 Å². The van der Waals surface area contributed by atoms with Gasteiger partial charge in [0.1, 0.15) is 0 Å². The molecule has 17 heavy (non-hydrogen) atoms. The van der Waals surface area contributed by atoms with Gasteiger partial charge in [-0.1, -0.05) is 0 Å². The first-order valence-electron chi connectivity index (χ1n) is 6.31. The van der Waals surface area contributed by atoms with Gasteiger partial charge in [-0.15, -0.1) is 0 Å². The molecule has 1 aliphatic rings. The van der Waals surface area contributed by atoms with E-state index in [1.54, 1.807) is 0 Å². The van der Waals surface area contributed by atoms with E-state index in [-0.39, 0.29) is 0 Å². The summed E-state index contributed by atoms with van der Waals surface area (Å²) in [4.78, 5) is 9.12. The van der Waals surface area contributed by atoms with Gasteiger partial charge in [0.05, 0.1) is 5.69 Å². The summed E-state index contributed by atoms with van der Waals surface area (Å²) >= 11 is 0. The maximum absolute atomic E-state index is 5.65. The average Bonchev–Trinajstić information content (AvgIpc) is 2.50. The van der Waals surface area contributed by atoms with Crippen LogP contribution in [0.1, 0.15) is 19.0 Å². The highest BCUT2D eigenvalue weighted by Gasteiger charge is 2.19. The van der Waals surface area contributed by atoms with Crippen LogP contribution in [0.25, 0.3) is 0 Å². The minimum absolute atomic E-state index is 0.510. The van der Waals surface area contributed by atoms with Gasteiger partial charge >= 0.3 is 0 Å². The third kappa shape index (κ3) is 2.96. The summed E-state index contributed by atoms with van der Waals surface area (Å²) in [5, 5.41) is 0. The summed E-state index contributed by atoms with van der Waals surface area (Å²) in [6.45, 7) is 6.19. The van der Waals surface area contributed by atoms with Crippen molar-refractivity contribution in [3.05, 3.63) is 24.0 Å². The van der Waals surface area contributed by atoms with Gasteiger partial charge in [-0.25, -0.2) is 0 Å². The number of anilines is 1. The molecule has 2 N–H and O–H groups in total. The lowest BCUT2D eigenvalue weighted by molar-refractivity contribution is 0.337. The van der Waals surface area contributed by atoms with Gasteiger partial charge in [-0.2, -0.15) is 0 Å². The molecule has 1 saturated heterocycles. The number of nitrogens with zero attached hydrogens (tertiary/aromatic N) is 3. The Morgan fingerprint density at radius 1 is 1.47 bits per heavy atom. The van der Waals surface area contributed by atoms with Crippen molar-refractivity contribution in [3.8, 4) is 0 Å². The molecular formula is C13H22N4. The SMILES string of the molecule is CC1CN(C)CCCN1c1ccnc(CN)c1. The van der Waals surface area contributed by atoms with Crippen molar-refractivity contribution in [2.75, 3.05) is 31.6 Å². The van der Waals surface area contributed by atoms with Crippen LogP contribution in [-0.4, -0.2) is 42.6 Å². The van der Waals surface area contributed by atoms with Gasteiger partial charge in [0.25, 0.3) is 0 Å². The van der Waals surface area contributed by atoms with E-state index in [2.05, 4.69) is 40.9 Å². The molecule has 0 bridgehead atoms. The fraction of sp³-hybridized carbons (Fsp3) is 0.615. The standard InChI is InChI=1S/C13H22N4/c1-11-10-16(2)6-3-7-17(11)13-4-5-15-12(8-13)9-14/h4-5,8,11H,3,6-7,9-10,14H2,1-2H3. The molecule has 0 aliphatic carbocycles. The van der Waals surface area contributed by atoms with Crippen LogP contribution in [0.3, 0.4) is 0 Å². The highest BCUT2D eigenvalue weighted by atomic mass is 15.2. The quantitative estimate of drug-likeness (QED) is 0.831. The Balaban J connectivity index is 2.19. The molecule has 1 atom stereocenters. The van der Waals surface area contributed by atoms with Gasteiger partial charge in [0.2, 0.25) is 0 Å². The van der Waals surface area contributed by atoms with Gasteiger partial charge in [-0.3, -0.25) is 4.98 Å². The Morgan fingerprint density at radius 2 is 2.29 bits per heavy atom. The zero-order chi connectivity index (χ0) is 12.3. The number of pyridine rings is 1. The Labute approximate surface area is 103 Å². The van der Waals surface area contributed by atoms with Gasteiger partial charge in [0, 0.05) is 37.6 Å². The Morgan fingerprint density at radius 3 is 3.06 bits per heavy atom. The van der Waals surface area contributed by atoms with Crippen LogP contribution in [0.2, 0.25) is 0 Å². The lowest BCUT2D eigenvalue weighted by atomic mass is 10.2. The molecule has 4 nitrogen and oxygen atoms in total. The molecule has 2 rings (SSSR count). The molecule has 0 radical (unpaired) electrons. The number of hydrogen-bond donors (Lipinski definition) is 1. The Kier molecular flexibility index (Phi) is 3.97. The minimum Gasteiger partial charge on any atom is -0.367 e. The topological polar surface area (TPSA) is 45.4 Å². The van der Waals surface area contributed by atoms with Crippen molar-refractivity contribution in [2.45, 2.75) is 25.9 Å². The summed E-state index contributed by atoms with van der Waals surface area (Å²) in [5.41, 5.74) is 7.86. The van der Waals surface area contributed by atoms with Crippen LogP contribution in [0.15, 0.2) is 18.3 Å². The molecule has 1 unspecified atom stereocenters. The summed E-state index contributed by atoms with van der Waals surface area (Å²) in [5.74, 6) is 0. The Hall–Kier alpha value is -1.13. The second-order valence-corrected chi connectivity index (χ2v) is 4.87. The molecule has 0 spiro atoms. The fourth-order valence-electron chi connectivity index (χ4n) is 2.51. The summed E-state index contributed by atoms with van der Waals surface area (Å²) < 4.78 is 0. The highest BCUT2D eigenvalue weighted by Crippen LogP contribution is 2.20. The third-order valence-corrected chi connectivity index (χ3v) is 3.39. The molecule has 0 amide bonds. The lowest BCUT2D eigenvalue weighted by Gasteiger charge is -2.30. The smallest absolute Gasteiger partial charge is 0.0560 e. The first kappa shape index (κ1) is 12.3. The summed E-state index contributed by atoms with van der Waals surface area (Å²) in [6.07, 6.45) is 3.07. The van der Waals surface area contributed by atoms with Crippen LogP contribution in [-0.2, 0) is 6.54 Å². The lowest BCUT2D eigenvalue weighted by Crippen LogP contribution is -2.38. The largest absolute Gasteiger partial charge is 0.367 e. The first-order valence-corrected chi connectivity index (χ1v) is 6.31. The van der Waals surface area contributed by atoms with Crippen molar-refractivity contribution in [1.29, 1.82) is 0 Å². The second-order valence-electron chi connectivity index (χ2n) is 4.87. The molecule has 1 aliphatic heterocycles. The van der Waals surface area contributed by atoms with E-state index in [4.69, 9.17) is 5.73 Å². The molecule has 1 aromatic rings. The Bertz CT molecular complexity index is 366. The summed E-state index contributed by atoms with van der Waals surface area (Å²) in [7, 11) is 2.19. The van der Waals surface area contributed by atoms with Gasteiger partial charge in [-0.05, 0) is 39.1 Å². The normalized spacial score (nSPS) is 22.5. The van der Waals surface area contributed by atoms with Crippen LogP contribution < -0.4 is 10.6 Å². The van der Waals surface area contributed by atoms with Gasteiger partial charge in [0.15, 0.2) is 0 Å². The maximum atomic E-state index is 5.65. The first-order chi connectivity index (χ1) is 8.20. The monoisotopic (exact) mass is 234 g/mol. The van der Waals surface area contributed by atoms with Crippen LogP contribution >= 0.6 is 0 Å². The molecule has 0 saturated carbocycles. The molecule has 1 fully saturated rings.